The predicted octanol–water partition coefficient (Wildman–Crippen LogP) is 3.32. The quantitative estimate of drug-likeness (QED) is 0.438. The monoisotopic (exact) mass is 448 g/mol. The number of aromatic nitrogens is 4. The Morgan fingerprint density at radius 1 is 1.15 bits per heavy atom. The topological polar surface area (TPSA) is 85.2 Å². The number of nitrogens with zero attached hydrogens (tertiary/aromatic N) is 5. The number of aryl methyl sites for hydroxylation is 3. The number of carbonyl (C=O) groups is 1. The lowest BCUT2D eigenvalue weighted by molar-refractivity contribution is 0.0378. The second-order valence-corrected chi connectivity index (χ2v) is 9.04. The van der Waals surface area contributed by atoms with Gasteiger partial charge in [0, 0.05) is 25.2 Å². The van der Waals surface area contributed by atoms with E-state index < -0.39 is 0 Å². The van der Waals surface area contributed by atoms with Crippen LogP contribution in [0.25, 0.3) is 11.0 Å². The van der Waals surface area contributed by atoms with Crippen LogP contribution in [-0.2, 0) is 11.2 Å². The molecule has 8 nitrogen and oxygen atoms in total. The van der Waals surface area contributed by atoms with E-state index in [1.165, 1.54) is 0 Å². The highest BCUT2D eigenvalue weighted by atomic mass is 16.5. The van der Waals surface area contributed by atoms with Gasteiger partial charge in [0.1, 0.15) is 6.29 Å². The van der Waals surface area contributed by atoms with Crippen LogP contribution in [0.5, 0.6) is 0 Å². The van der Waals surface area contributed by atoms with Gasteiger partial charge in [-0.05, 0) is 64.3 Å². The molecule has 2 aromatic heterocycles. The van der Waals surface area contributed by atoms with E-state index in [2.05, 4.69) is 14.8 Å². The molecule has 0 amide bonds. The minimum atomic E-state index is 0.0502. The number of hydrogen-bond donors (Lipinski definition) is 1. The zero-order chi connectivity index (χ0) is 22.8. The smallest absolute Gasteiger partial charge is 0.204 e. The summed E-state index contributed by atoms with van der Waals surface area (Å²) in [6.07, 6.45) is 4.91. The van der Waals surface area contributed by atoms with E-state index in [-0.39, 0.29) is 6.04 Å². The fourth-order valence-electron chi connectivity index (χ4n) is 4.92. The van der Waals surface area contributed by atoms with Crippen LogP contribution < -0.4 is 5.32 Å². The summed E-state index contributed by atoms with van der Waals surface area (Å²) in [4.78, 5) is 28.7. The van der Waals surface area contributed by atoms with Crippen molar-refractivity contribution in [1.29, 1.82) is 0 Å². The van der Waals surface area contributed by atoms with Gasteiger partial charge in [0.05, 0.1) is 53.1 Å². The molecule has 1 aliphatic heterocycles. The van der Waals surface area contributed by atoms with Gasteiger partial charge in [-0.1, -0.05) is 0 Å². The predicted molar refractivity (Wildman–Crippen MR) is 128 cm³/mol. The molecule has 0 spiro atoms. The van der Waals surface area contributed by atoms with Crippen molar-refractivity contribution in [1.82, 2.24) is 24.4 Å². The lowest BCUT2D eigenvalue weighted by atomic mass is 9.94. The number of aldehydes is 1. The minimum Gasteiger partial charge on any atom is -0.379 e. The average Bonchev–Trinajstić information content (AvgIpc) is 3.20. The molecule has 3 heterocycles. The van der Waals surface area contributed by atoms with Gasteiger partial charge in [-0.25, -0.2) is 4.98 Å². The molecular weight excluding hydrogens is 416 g/mol. The fourth-order valence-corrected chi connectivity index (χ4v) is 4.92. The molecule has 1 aromatic carbocycles. The first-order valence-corrected chi connectivity index (χ1v) is 12.0. The number of hydrogen-bond acceptors (Lipinski definition) is 7. The van der Waals surface area contributed by atoms with Gasteiger partial charge >= 0.3 is 0 Å². The molecule has 0 bridgehead atoms. The zero-order valence-electron chi connectivity index (χ0n) is 19.5. The number of carbonyl (C=O) groups excluding carboxylic acids is 1. The molecule has 1 saturated heterocycles. The third kappa shape index (κ3) is 4.50. The van der Waals surface area contributed by atoms with E-state index >= 15 is 0 Å². The number of morpholine rings is 1. The summed E-state index contributed by atoms with van der Waals surface area (Å²) in [5, 5.41) is 3.59. The van der Waals surface area contributed by atoms with Crippen LogP contribution in [0.15, 0.2) is 18.2 Å². The summed E-state index contributed by atoms with van der Waals surface area (Å²) in [6, 6.07) is 5.76. The van der Waals surface area contributed by atoms with Crippen molar-refractivity contribution in [2.75, 3.05) is 44.7 Å². The maximum absolute atomic E-state index is 11.5. The van der Waals surface area contributed by atoms with E-state index in [0.29, 0.717) is 5.56 Å². The molecule has 1 atom stereocenters. The van der Waals surface area contributed by atoms with Gasteiger partial charge in [-0.2, -0.15) is 0 Å². The number of imidazole rings is 1. The SMILES string of the molecule is Cc1nc2c(nc1C)C(n1c(NCCCN3CCOCC3)nc3ccc(C=O)cc31)CCC2. The molecule has 0 saturated carbocycles. The average molecular weight is 449 g/mol. The third-order valence-corrected chi connectivity index (χ3v) is 6.82. The maximum Gasteiger partial charge on any atom is 0.204 e. The van der Waals surface area contributed by atoms with Crippen LogP contribution in [0.3, 0.4) is 0 Å². The molecule has 1 fully saturated rings. The highest BCUT2D eigenvalue weighted by Gasteiger charge is 2.29. The zero-order valence-corrected chi connectivity index (χ0v) is 19.5. The fraction of sp³-hybridized carbons (Fsp3) is 0.520. The Kier molecular flexibility index (Phi) is 6.37. The second kappa shape index (κ2) is 9.57. The Morgan fingerprint density at radius 3 is 2.79 bits per heavy atom. The number of nitrogens with one attached hydrogen (secondary N) is 1. The summed E-state index contributed by atoms with van der Waals surface area (Å²) in [6.45, 7) is 9.58. The lowest BCUT2D eigenvalue weighted by Crippen LogP contribution is -2.37. The van der Waals surface area contributed by atoms with Gasteiger partial charge in [0.2, 0.25) is 5.95 Å². The van der Waals surface area contributed by atoms with Gasteiger partial charge < -0.3 is 14.6 Å². The highest BCUT2D eigenvalue weighted by Crippen LogP contribution is 2.36. The van der Waals surface area contributed by atoms with Gasteiger partial charge in [0.25, 0.3) is 0 Å². The van der Waals surface area contributed by atoms with Gasteiger partial charge in [0.15, 0.2) is 0 Å². The van der Waals surface area contributed by atoms with Crippen LogP contribution in [0, 0.1) is 13.8 Å². The Hall–Kier alpha value is -2.84. The Balaban J connectivity index is 1.46. The van der Waals surface area contributed by atoms with E-state index in [0.717, 1.165) is 111 Å². The van der Waals surface area contributed by atoms with Gasteiger partial charge in [-0.15, -0.1) is 0 Å². The number of benzene rings is 1. The maximum atomic E-state index is 11.5. The molecule has 3 aromatic rings. The number of rotatable bonds is 7. The Labute approximate surface area is 194 Å². The van der Waals surface area contributed by atoms with Crippen LogP contribution >= 0.6 is 0 Å². The molecule has 174 valence electrons. The van der Waals surface area contributed by atoms with Crippen molar-refractivity contribution >= 4 is 23.3 Å². The molecule has 33 heavy (non-hydrogen) atoms. The van der Waals surface area contributed by atoms with E-state index in [1.54, 1.807) is 0 Å². The Bertz CT molecular complexity index is 1150. The minimum absolute atomic E-state index is 0.0502. The first-order valence-electron chi connectivity index (χ1n) is 12.0. The van der Waals surface area contributed by atoms with E-state index in [1.807, 2.05) is 32.0 Å². The second-order valence-electron chi connectivity index (χ2n) is 9.04. The molecule has 5 rings (SSSR count). The summed E-state index contributed by atoms with van der Waals surface area (Å²) >= 11 is 0. The van der Waals surface area contributed by atoms with Crippen molar-refractivity contribution in [3.05, 3.63) is 46.5 Å². The molecule has 1 N–H and O–H groups in total. The first-order chi connectivity index (χ1) is 16.1. The molecule has 8 heteroatoms. The van der Waals surface area contributed by atoms with Crippen molar-refractivity contribution in [3.63, 3.8) is 0 Å². The van der Waals surface area contributed by atoms with Crippen LogP contribution in [-0.4, -0.2) is 70.1 Å². The number of fused-ring (bicyclic) bond motifs is 2. The number of anilines is 1. The third-order valence-electron chi connectivity index (χ3n) is 6.82. The molecule has 2 aliphatic rings. The van der Waals surface area contributed by atoms with Crippen LogP contribution in [0.2, 0.25) is 0 Å². The van der Waals surface area contributed by atoms with Crippen molar-refractivity contribution in [3.8, 4) is 0 Å². The van der Waals surface area contributed by atoms with Crippen molar-refractivity contribution < 1.29 is 9.53 Å². The lowest BCUT2D eigenvalue weighted by Gasteiger charge is -2.28. The molecule has 1 unspecified atom stereocenters. The molecule has 0 radical (unpaired) electrons. The first kappa shape index (κ1) is 22.0. The van der Waals surface area contributed by atoms with Crippen molar-refractivity contribution in [2.24, 2.45) is 0 Å². The van der Waals surface area contributed by atoms with Gasteiger partial charge in [-0.3, -0.25) is 19.7 Å². The van der Waals surface area contributed by atoms with Crippen molar-refractivity contribution in [2.45, 2.75) is 45.6 Å². The van der Waals surface area contributed by atoms with Crippen LogP contribution in [0.4, 0.5) is 5.95 Å². The summed E-state index contributed by atoms with van der Waals surface area (Å²) in [5.74, 6) is 0.841. The normalized spacial score (nSPS) is 18.9. The summed E-state index contributed by atoms with van der Waals surface area (Å²) < 4.78 is 7.70. The van der Waals surface area contributed by atoms with E-state index in [4.69, 9.17) is 19.7 Å². The van der Waals surface area contributed by atoms with E-state index in [9.17, 15) is 4.79 Å². The standard InChI is InChI=1S/C25H32N6O2/c1-17-18(2)28-24-21(27-17)5-3-6-22(24)31-23-15-19(16-32)7-8-20(23)29-25(31)26-9-4-10-30-11-13-33-14-12-30/h7-8,15-16,22H,3-6,9-14H2,1-2H3,(H,26,29). The largest absolute Gasteiger partial charge is 0.379 e. The summed E-state index contributed by atoms with van der Waals surface area (Å²) in [5.41, 5.74) is 6.60. The molecule has 1 aliphatic carbocycles. The highest BCUT2D eigenvalue weighted by molar-refractivity contribution is 5.86. The Morgan fingerprint density at radius 2 is 1.97 bits per heavy atom. The molecular formula is C25H32N6O2. The van der Waals surface area contributed by atoms with Crippen LogP contribution in [0.1, 0.15) is 58.4 Å². The summed E-state index contributed by atoms with van der Waals surface area (Å²) in [7, 11) is 0. The number of ether oxygens (including phenoxy) is 1.